The normalized spacial score (nSPS) is 10.7. The fourth-order valence-electron chi connectivity index (χ4n) is 3.09. The molecule has 0 amide bonds. The van der Waals surface area contributed by atoms with Gasteiger partial charge in [0.15, 0.2) is 0 Å². The van der Waals surface area contributed by atoms with Crippen molar-refractivity contribution < 1.29 is 9.53 Å². The number of nitrogens with two attached hydrogens (primary N) is 1. The van der Waals surface area contributed by atoms with Crippen molar-refractivity contribution in [1.82, 2.24) is 0 Å². The minimum Gasteiger partial charge on any atom is -0.459 e. The van der Waals surface area contributed by atoms with Gasteiger partial charge in [-0.25, -0.2) is 4.79 Å². The Morgan fingerprint density at radius 2 is 1.43 bits per heavy atom. The second kappa shape index (κ2) is 9.09. The lowest BCUT2D eigenvalue weighted by Crippen LogP contribution is -2.23. The molecule has 0 aliphatic carbocycles. The number of carbonyl (C=O) groups excluding carboxylic acids is 1. The Balaban J connectivity index is 1.89. The van der Waals surface area contributed by atoms with E-state index in [-0.39, 0.29) is 12.1 Å². The number of anilines is 2. The van der Waals surface area contributed by atoms with Crippen molar-refractivity contribution in [3.05, 3.63) is 95.6 Å². The molecule has 0 saturated carbocycles. The lowest BCUT2D eigenvalue weighted by atomic mass is 10.1. The molecule has 0 aromatic heterocycles. The maximum Gasteiger partial charge on any atom is 0.338 e. The summed E-state index contributed by atoms with van der Waals surface area (Å²) in [4.78, 5) is 14.4. The fourth-order valence-corrected chi connectivity index (χ4v) is 3.09. The summed E-state index contributed by atoms with van der Waals surface area (Å²) in [5.41, 5.74) is 10.7. The van der Waals surface area contributed by atoms with Crippen LogP contribution in [0.15, 0.2) is 78.9 Å². The summed E-state index contributed by atoms with van der Waals surface area (Å²) in [6, 6.07) is 25.9. The van der Waals surface area contributed by atoms with E-state index < -0.39 is 0 Å². The van der Waals surface area contributed by atoms with Gasteiger partial charge in [0.25, 0.3) is 0 Å². The van der Waals surface area contributed by atoms with Crippen LogP contribution in [0.1, 0.15) is 35.3 Å². The monoisotopic (exact) mass is 374 g/mol. The van der Waals surface area contributed by atoms with E-state index in [1.807, 2.05) is 56.3 Å². The Bertz CT molecular complexity index is 867. The molecular weight excluding hydrogens is 348 g/mol. The van der Waals surface area contributed by atoms with Crippen LogP contribution in [0.25, 0.3) is 0 Å². The molecule has 3 aromatic carbocycles. The molecule has 0 radical (unpaired) electrons. The summed E-state index contributed by atoms with van der Waals surface area (Å²) in [6.07, 6.45) is -0.166. The molecule has 3 aromatic rings. The smallest absolute Gasteiger partial charge is 0.338 e. The second-order valence-electron chi connectivity index (χ2n) is 7.05. The molecule has 0 saturated heterocycles. The molecule has 2 N–H and O–H groups in total. The predicted octanol–water partition coefficient (Wildman–Crippen LogP) is 5.04. The molecule has 0 fully saturated rings. The number of nitrogens with zero attached hydrogens (tertiary/aromatic N) is 1. The number of benzene rings is 3. The predicted molar refractivity (Wildman–Crippen MR) is 114 cm³/mol. The molecule has 28 heavy (non-hydrogen) atoms. The topological polar surface area (TPSA) is 55.6 Å². The van der Waals surface area contributed by atoms with E-state index in [2.05, 4.69) is 29.2 Å². The number of carbonyl (C=O) groups is 1. The van der Waals surface area contributed by atoms with Gasteiger partial charge in [-0.1, -0.05) is 60.7 Å². The van der Waals surface area contributed by atoms with E-state index in [9.17, 15) is 4.79 Å². The van der Waals surface area contributed by atoms with Gasteiger partial charge >= 0.3 is 5.97 Å². The van der Waals surface area contributed by atoms with Crippen molar-refractivity contribution in [3.8, 4) is 0 Å². The van der Waals surface area contributed by atoms with E-state index in [4.69, 9.17) is 10.5 Å². The number of hydrogen-bond donors (Lipinski definition) is 1. The van der Waals surface area contributed by atoms with E-state index in [0.29, 0.717) is 11.3 Å². The van der Waals surface area contributed by atoms with Gasteiger partial charge in [0.2, 0.25) is 0 Å². The summed E-state index contributed by atoms with van der Waals surface area (Å²) >= 11 is 0. The lowest BCUT2D eigenvalue weighted by molar-refractivity contribution is 0.0378. The first-order valence-electron chi connectivity index (χ1n) is 9.46. The Labute approximate surface area is 166 Å². The third-order valence-corrected chi connectivity index (χ3v) is 4.38. The molecule has 3 rings (SSSR count). The third kappa shape index (κ3) is 5.13. The van der Waals surface area contributed by atoms with E-state index in [1.54, 1.807) is 12.1 Å². The van der Waals surface area contributed by atoms with Crippen molar-refractivity contribution >= 4 is 17.3 Å². The van der Waals surface area contributed by atoms with Crippen LogP contribution in [0, 0.1) is 0 Å². The van der Waals surface area contributed by atoms with Gasteiger partial charge < -0.3 is 15.4 Å². The van der Waals surface area contributed by atoms with Crippen molar-refractivity contribution in [2.45, 2.75) is 33.0 Å². The quantitative estimate of drug-likeness (QED) is 0.465. The van der Waals surface area contributed by atoms with Crippen molar-refractivity contribution in [2.75, 3.05) is 10.6 Å². The largest absolute Gasteiger partial charge is 0.459 e. The molecule has 0 unspecified atom stereocenters. The first-order valence-corrected chi connectivity index (χ1v) is 9.46. The Kier molecular flexibility index (Phi) is 6.33. The molecule has 0 spiro atoms. The van der Waals surface area contributed by atoms with Gasteiger partial charge in [-0.05, 0) is 43.2 Å². The first-order chi connectivity index (χ1) is 13.5. The van der Waals surface area contributed by atoms with Gasteiger partial charge in [0, 0.05) is 13.1 Å². The summed E-state index contributed by atoms with van der Waals surface area (Å²) in [7, 11) is 0. The zero-order chi connectivity index (χ0) is 19.9. The minimum atomic E-state index is -0.356. The van der Waals surface area contributed by atoms with Crippen LogP contribution in [-0.4, -0.2) is 12.1 Å². The second-order valence-corrected chi connectivity index (χ2v) is 7.05. The number of rotatable bonds is 7. The van der Waals surface area contributed by atoms with E-state index in [1.165, 1.54) is 11.1 Å². The minimum absolute atomic E-state index is 0.166. The lowest BCUT2D eigenvalue weighted by Gasteiger charge is -2.27. The maximum absolute atomic E-state index is 12.2. The van der Waals surface area contributed by atoms with Crippen LogP contribution < -0.4 is 10.6 Å². The fraction of sp³-hybridized carbons (Fsp3) is 0.208. The number of ether oxygens (including phenoxy) is 1. The molecule has 0 aliphatic rings. The summed E-state index contributed by atoms with van der Waals surface area (Å²) in [5.74, 6) is -0.356. The van der Waals surface area contributed by atoms with E-state index in [0.717, 1.165) is 18.8 Å². The van der Waals surface area contributed by atoms with Gasteiger partial charge in [0.1, 0.15) is 0 Å². The van der Waals surface area contributed by atoms with Crippen LogP contribution in [0.3, 0.4) is 0 Å². The Morgan fingerprint density at radius 1 is 0.893 bits per heavy atom. The van der Waals surface area contributed by atoms with Crippen LogP contribution in [-0.2, 0) is 17.8 Å². The maximum atomic E-state index is 12.2. The zero-order valence-corrected chi connectivity index (χ0v) is 16.3. The molecular formula is C24H26N2O2. The zero-order valence-electron chi connectivity index (χ0n) is 16.3. The summed E-state index contributed by atoms with van der Waals surface area (Å²) in [5, 5.41) is 0. The molecule has 0 aliphatic heterocycles. The first kappa shape index (κ1) is 19.5. The highest BCUT2D eigenvalue weighted by atomic mass is 16.5. The van der Waals surface area contributed by atoms with Crippen molar-refractivity contribution in [1.29, 1.82) is 0 Å². The Morgan fingerprint density at radius 3 is 1.89 bits per heavy atom. The van der Waals surface area contributed by atoms with E-state index >= 15 is 0 Å². The molecule has 144 valence electrons. The number of esters is 1. The van der Waals surface area contributed by atoms with Crippen LogP contribution >= 0.6 is 0 Å². The molecule has 0 atom stereocenters. The summed E-state index contributed by atoms with van der Waals surface area (Å²) < 4.78 is 5.27. The van der Waals surface area contributed by atoms with Gasteiger partial charge in [-0.2, -0.15) is 0 Å². The van der Waals surface area contributed by atoms with Crippen LogP contribution in [0.2, 0.25) is 0 Å². The average Bonchev–Trinajstić information content (AvgIpc) is 2.68. The SMILES string of the molecule is CC(C)OC(=O)c1ccc(N(Cc2ccccc2)Cc2ccccc2)c(N)c1. The van der Waals surface area contributed by atoms with Gasteiger partial charge in [-0.3, -0.25) is 0 Å². The van der Waals surface area contributed by atoms with Crippen LogP contribution in [0.4, 0.5) is 11.4 Å². The van der Waals surface area contributed by atoms with Gasteiger partial charge in [0.05, 0.1) is 23.0 Å². The van der Waals surface area contributed by atoms with Crippen molar-refractivity contribution in [3.63, 3.8) is 0 Å². The number of nitrogen functional groups attached to an aromatic ring is 1. The Hall–Kier alpha value is -3.27. The molecule has 0 heterocycles. The standard InChI is InChI=1S/C24H26N2O2/c1-18(2)28-24(27)21-13-14-23(22(25)15-21)26(16-19-9-5-3-6-10-19)17-20-11-7-4-8-12-20/h3-15,18H,16-17,25H2,1-2H3. The van der Waals surface area contributed by atoms with Crippen molar-refractivity contribution in [2.24, 2.45) is 0 Å². The van der Waals surface area contributed by atoms with Crippen LogP contribution in [0.5, 0.6) is 0 Å². The average molecular weight is 374 g/mol. The third-order valence-electron chi connectivity index (χ3n) is 4.38. The molecule has 0 bridgehead atoms. The molecule has 4 heteroatoms. The highest BCUT2D eigenvalue weighted by molar-refractivity contribution is 5.92. The molecule has 4 nitrogen and oxygen atoms in total. The summed E-state index contributed by atoms with van der Waals surface area (Å²) in [6.45, 7) is 5.10. The number of hydrogen-bond acceptors (Lipinski definition) is 4. The highest BCUT2D eigenvalue weighted by Crippen LogP contribution is 2.28. The highest BCUT2D eigenvalue weighted by Gasteiger charge is 2.15. The van der Waals surface area contributed by atoms with Gasteiger partial charge in [-0.15, -0.1) is 0 Å².